The Balaban J connectivity index is 1.75. The minimum absolute atomic E-state index is 0.254. The van der Waals surface area contributed by atoms with Crippen molar-refractivity contribution in [3.63, 3.8) is 0 Å². The van der Waals surface area contributed by atoms with Crippen molar-refractivity contribution in [1.29, 1.82) is 0 Å². The first-order valence-corrected chi connectivity index (χ1v) is 9.71. The molecule has 0 aliphatic carbocycles. The third kappa shape index (κ3) is 4.14. The fourth-order valence-electron chi connectivity index (χ4n) is 3.21. The van der Waals surface area contributed by atoms with Gasteiger partial charge in [0.15, 0.2) is 0 Å². The van der Waals surface area contributed by atoms with Crippen LogP contribution in [0.2, 0.25) is 0 Å². The zero-order valence-corrected chi connectivity index (χ0v) is 16.6. The number of carbonyl (C=O) groups excluding carboxylic acids is 1. The van der Waals surface area contributed by atoms with Crippen LogP contribution in [-0.4, -0.2) is 15.4 Å². The van der Waals surface area contributed by atoms with E-state index in [9.17, 15) is 4.79 Å². The second kappa shape index (κ2) is 8.19. The van der Waals surface area contributed by atoms with Crippen molar-refractivity contribution < 1.29 is 9.53 Å². The number of carbonyl (C=O) groups is 1. The number of ether oxygens (including phenoxy) is 1. The van der Waals surface area contributed by atoms with Gasteiger partial charge in [-0.15, -0.1) is 0 Å². The predicted molar refractivity (Wildman–Crippen MR) is 115 cm³/mol. The van der Waals surface area contributed by atoms with Gasteiger partial charge in [-0.1, -0.05) is 49.4 Å². The van der Waals surface area contributed by atoms with Gasteiger partial charge in [-0.25, -0.2) is 4.98 Å². The number of nitrogens with zero attached hydrogens (tertiary/aromatic N) is 2. The lowest BCUT2D eigenvalue weighted by molar-refractivity contribution is -0.134. The molecule has 2 heterocycles. The number of pyridine rings is 1. The maximum atomic E-state index is 11.7. The van der Waals surface area contributed by atoms with E-state index in [0.717, 1.165) is 28.3 Å². The van der Waals surface area contributed by atoms with Crippen LogP contribution >= 0.6 is 0 Å². The maximum absolute atomic E-state index is 11.7. The van der Waals surface area contributed by atoms with Gasteiger partial charge in [0.1, 0.15) is 22.9 Å². The van der Waals surface area contributed by atoms with Gasteiger partial charge in [0.05, 0.1) is 0 Å². The summed E-state index contributed by atoms with van der Waals surface area (Å²) in [6.45, 7) is 4.51. The molecule has 4 aromatic rings. The molecular formula is C24H23N3O2. The number of benzene rings is 2. The molecular weight excluding hydrogens is 362 g/mol. The van der Waals surface area contributed by atoms with Crippen molar-refractivity contribution in [2.75, 3.05) is 5.32 Å². The van der Waals surface area contributed by atoms with Crippen LogP contribution in [0.15, 0.2) is 72.9 Å². The van der Waals surface area contributed by atoms with Crippen LogP contribution in [0, 0.1) is 6.92 Å². The lowest BCUT2D eigenvalue weighted by Crippen LogP contribution is -2.05. The van der Waals surface area contributed by atoms with Crippen molar-refractivity contribution in [1.82, 2.24) is 9.38 Å². The fraction of sp³-hybridized carbons (Fsp3) is 0.167. The number of hydrogen-bond acceptors (Lipinski definition) is 4. The lowest BCUT2D eigenvalue weighted by atomic mass is 10.1. The van der Waals surface area contributed by atoms with E-state index in [1.807, 2.05) is 42.6 Å². The Morgan fingerprint density at radius 1 is 1.07 bits per heavy atom. The second-order valence-electron chi connectivity index (χ2n) is 6.94. The van der Waals surface area contributed by atoms with Gasteiger partial charge in [0.2, 0.25) is 0 Å². The number of aryl methyl sites for hydroxylation is 1. The van der Waals surface area contributed by atoms with Crippen LogP contribution in [0.3, 0.4) is 0 Å². The normalized spacial score (nSPS) is 10.8. The van der Waals surface area contributed by atoms with Crippen LogP contribution < -0.4 is 10.1 Å². The lowest BCUT2D eigenvalue weighted by Gasteiger charge is -2.10. The zero-order valence-electron chi connectivity index (χ0n) is 16.6. The predicted octanol–water partition coefficient (Wildman–Crippen LogP) is 5.24. The van der Waals surface area contributed by atoms with E-state index in [4.69, 9.17) is 9.72 Å². The molecule has 0 aliphatic heterocycles. The molecule has 0 bridgehead atoms. The highest BCUT2D eigenvalue weighted by Crippen LogP contribution is 2.31. The van der Waals surface area contributed by atoms with Crippen molar-refractivity contribution in [3.05, 3.63) is 84.1 Å². The van der Waals surface area contributed by atoms with E-state index in [2.05, 4.69) is 40.9 Å². The molecule has 2 aromatic heterocycles. The Hall–Kier alpha value is -3.60. The summed E-state index contributed by atoms with van der Waals surface area (Å²) in [5.41, 5.74) is 4.91. The molecule has 5 nitrogen and oxygen atoms in total. The third-order valence-electron chi connectivity index (χ3n) is 4.71. The molecule has 0 amide bonds. The van der Waals surface area contributed by atoms with E-state index >= 15 is 0 Å². The summed E-state index contributed by atoms with van der Waals surface area (Å²) in [5, 5.41) is 3.53. The molecule has 0 saturated carbocycles. The molecule has 4 rings (SSSR count). The first-order chi connectivity index (χ1) is 14.1. The van der Waals surface area contributed by atoms with Crippen molar-refractivity contribution >= 4 is 17.4 Å². The molecule has 0 saturated heterocycles. The van der Waals surface area contributed by atoms with E-state index in [0.29, 0.717) is 18.7 Å². The monoisotopic (exact) mass is 385 g/mol. The van der Waals surface area contributed by atoms with Crippen LogP contribution in [0.5, 0.6) is 5.75 Å². The second-order valence-corrected chi connectivity index (χ2v) is 6.94. The van der Waals surface area contributed by atoms with Gasteiger partial charge in [-0.05, 0) is 42.3 Å². The average molecular weight is 385 g/mol. The molecule has 0 aliphatic rings. The van der Waals surface area contributed by atoms with Gasteiger partial charge >= 0.3 is 5.97 Å². The highest BCUT2D eigenvalue weighted by Gasteiger charge is 2.15. The summed E-state index contributed by atoms with van der Waals surface area (Å²) in [7, 11) is 0. The molecule has 0 spiro atoms. The summed E-state index contributed by atoms with van der Waals surface area (Å²) in [6.07, 6.45) is 2.36. The SMILES string of the molecule is CCC(=O)Oc1cccc(-c2nc3cc(C)ccn3c2NCc2ccccc2)c1. The molecule has 0 radical (unpaired) electrons. The highest BCUT2D eigenvalue weighted by molar-refractivity contribution is 5.78. The molecule has 29 heavy (non-hydrogen) atoms. The van der Waals surface area contributed by atoms with Gasteiger partial charge < -0.3 is 10.1 Å². The third-order valence-corrected chi connectivity index (χ3v) is 4.71. The number of nitrogens with one attached hydrogen (secondary N) is 1. The maximum Gasteiger partial charge on any atom is 0.310 e. The van der Waals surface area contributed by atoms with E-state index in [1.165, 1.54) is 5.56 Å². The molecule has 2 aromatic carbocycles. The highest BCUT2D eigenvalue weighted by atomic mass is 16.5. The van der Waals surface area contributed by atoms with Gasteiger partial charge in [0, 0.05) is 24.7 Å². The largest absolute Gasteiger partial charge is 0.427 e. The van der Waals surface area contributed by atoms with Crippen LogP contribution in [0.4, 0.5) is 5.82 Å². The quantitative estimate of drug-likeness (QED) is 0.364. The molecule has 146 valence electrons. The topological polar surface area (TPSA) is 55.6 Å². The number of imidazole rings is 1. The Kier molecular flexibility index (Phi) is 5.29. The Morgan fingerprint density at radius 2 is 1.90 bits per heavy atom. The molecule has 0 atom stereocenters. The zero-order chi connectivity index (χ0) is 20.2. The molecule has 5 heteroatoms. The number of aromatic nitrogens is 2. The van der Waals surface area contributed by atoms with E-state index in [1.54, 1.807) is 13.0 Å². The first kappa shape index (κ1) is 18.7. The Labute approximate surface area is 170 Å². The smallest absolute Gasteiger partial charge is 0.310 e. The Bertz CT molecular complexity index is 1150. The summed E-state index contributed by atoms with van der Waals surface area (Å²) in [5.74, 6) is 1.18. The number of anilines is 1. The van der Waals surface area contributed by atoms with Crippen molar-refractivity contribution in [3.8, 4) is 17.0 Å². The summed E-state index contributed by atoms with van der Waals surface area (Å²) >= 11 is 0. The Morgan fingerprint density at radius 3 is 2.69 bits per heavy atom. The number of fused-ring (bicyclic) bond motifs is 1. The van der Waals surface area contributed by atoms with E-state index < -0.39 is 0 Å². The number of rotatable bonds is 6. The van der Waals surface area contributed by atoms with Crippen molar-refractivity contribution in [2.24, 2.45) is 0 Å². The number of esters is 1. The van der Waals surface area contributed by atoms with E-state index in [-0.39, 0.29) is 5.97 Å². The van der Waals surface area contributed by atoms with Gasteiger partial charge in [0.25, 0.3) is 0 Å². The molecule has 1 N–H and O–H groups in total. The van der Waals surface area contributed by atoms with Crippen LogP contribution in [-0.2, 0) is 11.3 Å². The molecule has 0 unspecified atom stereocenters. The van der Waals surface area contributed by atoms with Crippen molar-refractivity contribution in [2.45, 2.75) is 26.8 Å². The fourth-order valence-corrected chi connectivity index (χ4v) is 3.21. The van der Waals surface area contributed by atoms with Crippen LogP contribution in [0.25, 0.3) is 16.9 Å². The number of hydrogen-bond donors (Lipinski definition) is 1. The van der Waals surface area contributed by atoms with Gasteiger partial charge in [-0.2, -0.15) is 0 Å². The first-order valence-electron chi connectivity index (χ1n) is 9.71. The van der Waals surface area contributed by atoms with Gasteiger partial charge in [-0.3, -0.25) is 9.20 Å². The molecule has 0 fully saturated rings. The summed E-state index contributed by atoms with van der Waals surface area (Å²) in [6, 6.07) is 21.9. The average Bonchev–Trinajstić information content (AvgIpc) is 3.10. The standard InChI is InChI=1S/C24H23N3O2/c1-3-22(28)29-20-11-7-10-19(15-20)23-24(25-16-18-8-5-4-6-9-18)27-13-12-17(2)14-21(27)26-23/h4-15,25H,3,16H2,1-2H3. The minimum atomic E-state index is -0.254. The van der Waals surface area contributed by atoms with Crippen LogP contribution in [0.1, 0.15) is 24.5 Å². The summed E-state index contributed by atoms with van der Waals surface area (Å²) in [4.78, 5) is 16.5. The minimum Gasteiger partial charge on any atom is -0.427 e. The summed E-state index contributed by atoms with van der Waals surface area (Å²) < 4.78 is 7.45.